The summed E-state index contributed by atoms with van der Waals surface area (Å²) >= 11 is 1.45. The molecule has 1 aliphatic heterocycles. The van der Waals surface area contributed by atoms with Crippen LogP contribution >= 0.6 is 11.5 Å². The normalized spacial score (nSPS) is 17.5. The third-order valence-electron chi connectivity index (χ3n) is 4.25. The molecule has 1 fully saturated rings. The molecule has 1 unspecified atom stereocenters. The van der Waals surface area contributed by atoms with E-state index in [1.807, 2.05) is 41.3 Å². The third-order valence-corrected chi connectivity index (χ3v) is 5.00. The van der Waals surface area contributed by atoms with Crippen LogP contribution in [0, 0.1) is 0 Å². The van der Waals surface area contributed by atoms with Gasteiger partial charge in [-0.05, 0) is 17.1 Å². The summed E-state index contributed by atoms with van der Waals surface area (Å²) in [5, 5.41) is 9.63. The lowest BCUT2D eigenvalue weighted by atomic mass is 10.0. The standard InChI is InChI=1S/C17H21N3O3S/c1-23-15-11-14(24-18-15)12-19-7-9-20(10-8-19)16(17(21)22)13-5-3-2-4-6-13/h2-6,11,16H,7-10,12H2,1H3,(H,21,22). The minimum atomic E-state index is -0.790. The molecule has 0 aliphatic carbocycles. The first-order valence-corrected chi connectivity index (χ1v) is 8.68. The summed E-state index contributed by atoms with van der Waals surface area (Å²) in [5.41, 5.74) is 0.839. The summed E-state index contributed by atoms with van der Waals surface area (Å²) < 4.78 is 9.33. The lowest BCUT2D eigenvalue weighted by Gasteiger charge is -2.37. The number of aromatic nitrogens is 1. The molecule has 1 aromatic carbocycles. The fraction of sp³-hybridized carbons (Fsp3) is 0.412. The molecule has 7 heteroatoms. The second-order valence-corrected chi connectivity index (χ2v) is 6.69. The van der Waals surface area contributed by atoms with Crippen molar-refractivity contribution in [1.82, 2.24) is 14.2 Å². The molecular weight excluding hydrogens is 326 g/mol. The highest BCUT2D eigenvalue weighted by molar-refractivity contribution is 7.05. The van der Waals surface area contributed by atoms with Gasteiger partial charge >= 0.3 is 5.97 Å². The largest absolute Gasteiger partial charge is 0.480 e. The van der Waals surface area contributed by atoms with Gasteiger partial charge in [0.2, 0.25) is 5.88 Å². The molecule has 1 aromatic heterocycles. The number of carbonyl (C=O) groups is 1. The average Bonchev–Trinajstić information content (AvgIpc) is 3.05. The first-order valence-electron chi connectivity index (χ1n) is 7.91. The molecule has 3 rings (SSSR count). The minimum Gasteiger partial charge on any atom is -0.480 e. The van der Waals surface area contributed by atoms with E-state index in [0.717, 1.165) is 43.2 Å². The van der Waals surface area contributed by atoms with Gasteiger partial charge in [-0.15, -0.1) is 0 Å². The van der Waals surface area contributed by atoms with Gasteiger partial charge < -0.3 is 9.84 Å². The smallest absolute Gasteiger partial charge is 0.325 e. The van der Waals surface area contributed by atoms with Gasteiger partial charge in [-0.2, -0.15) is 4.37 Å². The molecule has 0 spiro atoms. The van der Waals surface area contributed by atoms with Crippen LogP contribution in [0.25, 0.3) is 0 Å². The Morgan fingerprint density at radius 2 is 2.00 bits per heavy atom. The fourth-order valence-corrected chi connectivity index (χ4v) is 3.74. The quantitative estimate of drug-likeness (QED) is 0.863. The topological polar surface area (TPSA) is 65.9 Å². The predicted octanol–water partition coefficient (Wildman–Crippen LogP) is 2.10. The number of rotatable bonds is 6. The highest BCUT2D eigenvalue weighted by Gasteiger charge is 2.30. The summed E-state index contributed by atoms with van der Waals surface area (Å²) in [6.45, 7) is 4.00. The van der Waals surface area contributed by atoms with Crippen molar-refractivity contribution in [2.24, 2.45) is 0 Å². The van der Waals surface area contributed by atoms with Gasteiger partial charge in [0.15, 0.2) is 0 Å². The van der Waals surface area contributed by atoms with Gasteiger partial charge in [-0.1, -0.05) is 30.3 Å². The zero-order valence-corrected chi connectivity index (χ0v) is 14.4. The second kappa shape index (κ2) is 7.74. The maximum Gasteiger partial charge on any atom is 0.325 e. The van der Waals surface area contributed by atoms with E-state index < -0.39 is 12.0 Å². The Kier molecular flexibility index (Phi) is 5.44. The van der Waals surface area contributed by atoms with Crippen molar-refractivity contribution < 1.29 is 14.6 Å². The first kappa shape index (κ1) is 16.9. The number of carboxylic acid groups (broad SMARTS) is 1. The predicted molar refractivity (Wildman–Crippen MR) is 92.3 cm³/mol. The lowest BCUT2D eigenvalue weighted by molar-refractivity contribution is -0.144. The molecule has 0 saturated carbocycles. The van der Waals surface area contributed by atoms with E-state index in [1.54, 1.807) is 7.11 Å². The third kappa shape index (κ3) is 3.92. The molecule has 1 aliphatic rings. The minimum absolute atomic E-state index is 0.572. The highest BCUT2D eigenvalue weighted by atomic mass is 32.1. The molecule has 24 heavy (non-hydrogen) atoms. The maximum absolute atomic E-state index is 11.7. The van der Waals surface area contributed by atoms with Crippen molar-refractivity contribution in [1.29, 1.82) is 0 Å². The van der Waals surface area contributed by atoms with Crippen molar-refractivity contribution in [3.8, 4) is 5.88 Å². The Hall–Kier alpha value is -1.96. The Bertz CT molecular complexity index is 669. The summed E-state index contributed by atoms with van der Waals surface area (Å²) in [6.07, 6.45) is 0. The SMILES string of the molecule is COc1cc(CN2CCN(C(C(=O)O)c3ccccc3)CC2)sn1. The molecule has 128 valence electrons. The average molecular weight is 347 g/mol. The van der Waals surface area contributed by atoms with Crippen molar-refractivity contribution in [3.05, 3.63) is 46.8 Å². The van der Waals surface area contributed by atoms with Crippen LogP contribution < -0.4 is 4.74 Å². The molecule has 2 aromatic rings. The fourth-order valence-electron chi connectivity index (χ4n) is 3.01. The lowest BCUT2D eigenvalue weighted by Crippen LogP contribution is -2.48. The van der Waals surface area contributed by atoms with Crippen molar-refractivity contribution in [3.63, 3.8) is 0 Å². The number of benzene rings is 1. The van der Waals surface area contributed by atoms with Crippen molar-refractivity contribution in [2.75, 3.05) is 33.3 Å². The number of piperazine rings is 1. The Balaban J connectivity index is 1.60. The molecule has 0 bridgehead atoms. The molecule has 1 N–H and O–H groups in total. The molecule has 1 saturated heterocycles. The molecular formula is C17H21N3O3S. The van der Waals surface area contributed by atoms with Crippen LogP contribution in [-0.2, 0) is 11.3 Å². The van der Waals surface area contributed by atoms with Gasteiger partial charge in [0.1, 0.15) is 6.04 Å². The number of methoxy groups -OCH3 is 1. The Morgan fingerprint density at radius 1 is 1.29 bits per heavy atom. The van der Waals surface area contributed by atoms with Gasteiger partial charge in [-0.25, -0.2) is 0 Å². The molecule has 6 nitrogen and oxygen atoms in total. The van der Waals surface area contributed by atoms with Crippen LogP contribution in [0.3, 0.4) is 0 Å². The maximum atomic E-state index is 11.7. The van der Waals surface area contributed by atoms with Gasteiger partial charge in [0.05, 0.1) is 7.11 Å². The summed E-state index contributed by atoms with van der Waals surface area (Å²) in [7, 11) is 1.62. The molecule has 1 atom stereocenters. The zero-order valence-electron chi connectivity index (χ0n) is 13.6. The van der Waals surface area contributed by atoms with Gasteiger partial charge in [0.25, 0.3) is 0 Å². The van der Waals surface area contributed by atoms with Crippen molar-refractivity contribution >= 4 is 17.5 Å². The van der Waals surface area contributed by atoms with Crippen LogP contribution in [0.5, 0.6) is 5.88 Å². The van der Waals surface area contributed by atoms with E-state index in [-0.39, 0.29) is 0 Å². The van der Waals surface area contributed by atoms with E-state index >= 15 is 0 Å². The monoisotopic (exact) mass is 347 g/mol. The van der Waals surface area contributed by atoms with E-state index in [1.165, 1.54) is 11.5 Å². The molecule has 2 heterocycles. The highest BCUT2D eigenvalue weighted by Crippen LogP contribution is 2.24. The van der Waals surface area contributed by atoms with Crippen LogP contribution in [0.4, 0.5) is 0 Å². The molecule has 0 amide bonds. The zero-order chi connectivity index (χ0) is 16.9. The van der Waals surface area contributed by atoms with Crippen LogP contribution in [0.1, 0.15) is 16.5 Å². The number of nitrogens with zero attached hydrogens (tertiary/aromatic N) is 3. The summed E-state index contributed by atoms with van der Waals surface area (Å²) in [4.78, 5) is 17.3. The Labute approximate surface area is 145 Å². The van der Waals surface area contributed by atoms with E-state index in [9.17, 15) is 9.90 Å². The number of aliphatic carboxylic acids is 1. The molecule has 0 radical (unpaired) electrons. The van der Waals surface area contributed by atoms with E-state index in [0.29, 0.717) is 5.88 Å². The van der Waals surface area contributed by atoms with Crippen LogP contribution in [0.2, 0.25) is 0 Å². The van der Waals surface area contributed by atoms with Crippen molar-refractivity contribution in [2.45, 2.75) is 12.6 Å². The number of hydrogen-bond donors (Lipinski definition) is 1. The summed E-state index contributed by atoms with van der Waals surface area (Å²) in [6, 6.07) is 10.8. The van der Waals surface area contributed by atoms with Crippen LogP contribution in [0.15, 0.2) is 36.4 Å². The summed E-state index contributed by atoms with van der Waals surface area (Å²) in [5.74, 6) is -0.134. The Morgan fingerprint density at radius 3 is 2.58 bits per heavy atom. The van der Waals surface area contributed by atoms with Gasteiger partial charge in [-0.3, -0.25) is 14.6 Å². The second-order valence-electron chi connectivity index (χ2n) is 5.80. The van der Waals surface area contributed by atoms with E-state index in [4.69, 9.17) is 4.74 Å². The first-order chi connectivity index (χ1) is 11.7. The van der Waals surface area contributed by atoms with E-state index in [2.05, 4.69) is 9.27 Å². The number of hydrogen-bond acceptors (Lipinski definition) is 6. The number of ether oxygens (including phenoxy) is 1. The van der Waals surface area contributed by atoms with Gasteiger partial charge in [0, 0.05) is 43.7 Å². The number of carboxylic acids is 1. The van der Waals surface area contributed by atoms with Crippen LogP contribution in [-0.4, -0.2) is 58.5 Å².